The van der Waals surface area contributed by atoms with Gasteiger partial charge in [0, 0.05) is 23.9 Å². The third-order valence-electron chi connectivity index (χ3n) is 5.36. The monoisotopic (exact) mass is 414 g/mol. The lowest BCUT2D eigenvalue weighted by Gasteiger charge is -2.28. The van der Waals surface area contributed by atoms with Crippen molar-refractivity contribution in [2.75, 3.05) is 5.32 Å². The van der Waals surface area contributed by atoms with E-state index in [1.807, 2.05) is 26.0 Å². The van der Waals surface area contributed by atoms with Gasteiger partial charge in [0.25, 0.3) is 11.8 Å². The summed E-state index contributed by atoms with van der Waals surface area (Å²) in [7, 11) is 0. The predicted molar refractivity (Wildman–Crippen MR) is 118 cm³/mol. The average Bonchev–Trinajstić information content (AvgIpc) is 2.86. The Bertz CT molecular complexity index is 806. The summed E-state index contributed by atoms with van der Waals surface area (Å²) in [6.07, 6.45) is 7.51. The van der Waals surface area contributed by atoms with Gasteiger partial charge in [-0.2, -0.15) is 0 Å². The number of anilines is 1. The lowest BCUT2D eigenvalue weighted by atomic mass is 9.95. The predicted octanol–water partition coefficient (Wildman–Crippen LogP) is 4.98. The molecule has 6 heteroatoms. The zero-order valence-electron chi connectivity index (χ0n) is 17.5. The molecule has 1 fully saturated rings. The van der Waals surface area contributed by atoms with Gasteiger partial charge in [0.15, 0.2) is 0 Å². The first-order chi connectivity index (χ1) is 13.9. The third-order valence-corrected chi connectivity index (χ3v) is 6.45. The summed E-state index contributed by atoms with van der Waals surface area (Å²) in [6.45, 7) is 5.52. The second-order valence-electron chi connectivity index (χ2n) is 8.11. The topological polar surface area (TPSA) is 66.5 Å². The normalized spacial score (nSPS) is 19.0. The molecule has 5 nitrogen and oxygen atoms in total. The summed E-state index contributed by atoms with van der Waals surface area (Å²) in [6, 6.07) is 7.17. The van der Waals surface area contributed by atoms with Crippen LogP contribution in [0, 0.1) is 0 Å². The van der Waals surface area contributed by atoms with Gasteiger partial charge >= 0.3 is 0 Å². The van der Waals surface area contributed by atoms with Crippen molar-refractivity contribution in [2.24, 2.45) is 0 Å². The van der Waals surface area contributed by atoms with E-state index < -0.39 is 0 Å². The molecule has 0 atom stereocenters. The van der Waals surface area contributed by atoms with Crippen LogP contribution in [0.3, 0.4) is 0 Å². The molecule has 156 valence electrons. The van der Waals surface area contributed by atoms with Crippen LogP contribution in [0.25, 0.3) is 5.57 Å². The molecule has 0 radical (unpaired) electrons. The molecule has 0 aromatic heterocycles. The summed E-state index contributed by atoms with van der Waals surface area (Å²) >= 11 is 1.47. The van der Waals surface area contributed by atoms with Crippen molar-refractivity contribution < 1.29 is 14.4 Å². The molecule has 0 spiro atoms. The van der Waals surface area contributed by atoms with Crippen LogP contribution in [-0.2, 0) is 14.4 Å². The lowest BCUT2D eigenvalue weighted by Crippen LogP contribution is -2.41. The fourth-order valence-electron chi connectivity index (χ4n) is 4.07. The van der Waals surface area contributed by atoms with Crippen LogP contribution in [0.5, 0.6) is 0 Å². The van der Waals surface area contributed by atoms with Gasteiger partial charge in [-0.05, 0) is 30.5 Å². The van der Waals surface area contributed by atoms with Gasteiger partial charge in [0.1, 0.15) is 0 Å². The second kappa shape index (κ2) is 9.61. The summed E-state index contributed by atoms with van der Waals surface area (Å²) in [5.74, 6) is -0.452. The van der Waals surface area contributed by atoms with Crippen molar-refractivity contribution in [3.05, 3.63) is 34.7 Å². The molecule has 1 aromatic rings. The molecular weight excluding hydrogens is 384 g/mol. The molecule has 1 saturated carbocycles. The average molecular weight is 415 g/mol. The zero-order chi connectivity index (χ0) is 21.0. The van der Waals surface area contributed by atoms with E-state index in [1.54, 1.807) is 12.1 Å². The zero-order valence-corrected chi connectivity index (χ0v) is 18.3. The molecule has 0 saturated heterocycles. The number of nitrogens with one attached hydrogen (secondary N) is 1. The number of carbonyl (C=O) groups is 3. The summed E-state index contributed by atoms with van der Waals surface area (Å²) < 4.78 is 0. The van der Waals surface area contributed by atoms with Crippen molar-refractivity contribution in [3.63, 3.8) is 0 Å². The summed E-state index contributed by atoms with van der Waals surface area (Å²) in [4.78, 5) is 40.1. The van der Waals surface area contributed by atoms with Crippen molar-refractivity contribution >= 4 is 40.7 Å². The highest BCUT2D eigenvalue weighted by Crippen LogP contribution is 2.40. The molecule has 29 heavy (non-hydrogen) atoms. The van der Waals surface area contributed by atoms with E-state index in [-0.39, 0.29) is 29.0 Å². The van der Waals surface area contributed by atoms with Gasteiger partial charge in [-0.15, -0.1) is 11.8 Å². The number of imide groups is 1. The number of hydrogen-bond acceptors (Lipinski definition) is 4. The Kier molecular flexibility index (Phi) is 7.17. The number of carbonyl (C=O) groups excluding carboxylic acids is 3. The van der Waals surface area contributed by atoms with Crippen LogP contribution in [-0.4, -0.2) is 33.9 Å². The van der Waals surface area contributed by atoms with Gasteiger partial charge in [0.2, 0.25) is 5.91 Å². The Morgan fingerprint density at radius 2 is 1.59 bits per heavy atom. The van der Waals surface area contributed by atoms with Gasteiger partial charge in [-0.1, -0.05) is 58.1 Å². The Morgan fingerprint density at radius 3 is 2.14 bits per heavy atom. The molecule has 1 N–H and O–H groups in total. The molecule has 3 amide bonds. The van der Waals surface area contributed by atoms with Crippen LogP contribution in [0.1, 0.15) is 71.3 Å². The smallest absolute Gasteiger partial charge is 0.268 e. The Balaban J connectivity index is 1.93. The Labute approximate surface area is 177 Å². The van der Waals surface area contributed by atoms with Crippen LogP contribution in [0.2, 0.25) is 0 Å². The van der Waals surface area contributed by atoms with Crippen LogP contribution >= 0.6 is 11.8 Å². The minimum Gasteiger partial charge on any atom is -0.326 e. The van der Waals surface area contributed by atoms with Crippen molar-refractivity contribution in [2.45, 2.75) is 77.0 Å². The van der Waals surface area contributed by atoms with E-state index in [1.165, 1.54) is 42.8 Å². The first kappa shape index (κ1) is 21.6. The van der Waals surface area contributed by atoms with Crippen LogP contribution < -0.4 is 5.32 Å². The highest BCUT2D eigenvalue weighted by atomic mass is 32.2. The first-order valence-electron chi connectivity index (χ1n) is 10.6. The lowest BCUT2D eigenvalue weighted by molar-refractivity contribution is -0.139. The van der Waals surface area contributed by atoms with E-state index in [2.05, 4.69) is 5.32 Å². The number of amides is 3. The number of benzene rings is 1. The van der Waals surface area contributed by atoms with E-state index in [0.717, 1.165) is 31.2 Å². The van der Waals surface area contributed by atoms with Crippen molar-refractivity contribution in [1.29, 1.82) is 0 Å². The van der Waals surface area contributed by atoms with Crippen LogP contribution in [0.15, 0.2) is 29.2 Å². The first-order valence-corrected chi connectivity index (χ1v) is 11.4. The highest BCUT2D eigenvalue weighted by Gasteiger charge is 2.42. The number of nitrogens with zero attached hydrogens (tertiary/aromatic N) is 1. The van der Waals surface area contributed by atoms with Gasteiger partial charge in [-0.3, -0.25) is 19.3 Å². The van der Waals surface area contributed by atoms with Gasteiger partial charge in [0.05, 0.1) is 10.5 Å². The molecular formula is C23H30N2O3S. The highest BCUT2D eigenvalue weighted by molar-refractivity contribution is 8.04. The van der Waals surface area contributed by atoms with Crippen LogP contribution in [0.4, 0.5) is 5.69 Å². The Morgan fingerprint density at radius 1 is 1.00 bits per heavy atom. The quantitative estimate of drug-likeness (QED) is 0.690. The van der Waals surface area contributed by atoms with E-state index in [9.17, 15) is 14.4 Å². The van der Waals surface area contributed by atoms with Crippen molar-refractivity contribution in [3.8, 4) is 0 Å². The van der Waals surface area contributed by atoms with E-state index in [0.29, 0.717) is 16.2 Å². The minimum atomic E-state index is -0.170. The maximum Gasteiger partial charge on any atom is 0.268 e. The number of thioether (sulfide) groups is 1. The third kappa shape index (κ3) is 5.10. The summed E-state index contributed by atoms with van der Waals surface area (Å²) in [5.41, 5.74) is 1.91. The van der Waals surface area contributed by atoms with Gasteiger partial charge in [-0.25, -0.2) is 0 Å². The summed E-state index contributed by atoms with van der Waals surface area (Å²) in [5, 5.41) is 2.94. The maximum atomic E-state index is 13.4. The van der Waals surface area contributed by atoms with Crippen molar-refractivity contribution in [1.82, 2.24) is 4.90 Å². The van der Waals surface area contributed by atoms with Gasteiger partial charge < -0.3 is 5.32 Å². The molecule has 1 aliphatic heterocycles. The van der Waals surface area contributed by atoms with E-state index in [4.69, 9.17) is 0 Å². The second-order valence-corrected chi connectivity index (χ2v) is 9.70. The molecule has 1 heterocycles. The van der Waals surface area contributed by atoms with E-state index >= 15 is 0 Å². The fourth-order valence-corrected chi connectivity index (χ4v) is 5.07. The number of hydrogen-bond donors (Lipinski definition) is 1. The molecule has 0 bridgehead atoms. The standard InChI is InChI=1S/C23H30N2O3S/c1-15(2)29-21-20(17-11-13-18(14-12-17)24-16(3)26)22(27)25(23(21)28)19-9-7-5-4-6-8-10-19/h11-15,19H,4-10H2,1-3H3,(H,24,26). The molecule has 2 aliphatic rings. The molecule has 1 aromatic carbocycles. The molecule has 1 aliphatic carbocycles. The SMILES string of the molecule is CC(=O)Nc1ccc(C2=C(SC(C)C)C(=O)N(C3CCCCCCC3)C2=O)cc1. The maximum absolute atomic E-state index is 13.4. The fraction of sp³-hybridized carbons (Fsp3) is 0.522. The Hall–Kier alpha value is -2.08. The molecule has 0 unspecified atom stereocenters. The number of rotatable bonds is 5. The molecule has 3 rings (SSSR count). The largest absolute Gasteiger partial charge is 0.326 e. The minimum absolute atomic E-state index is 0.00536.